The van der Waals surface area contributed by atoms with Gasteiger partial charge in [0.25, 0.3) is 0 Å². The smallest absolute Gasteiger partial charge is 0.318 e. The molecule has 3 aliphatic rings. The van der Waals surface area contributed by atoms with E-state index in [0.717, 1.165) is 52.9 Å². The number of phenols is 1. The Hall–Kier alpha value is -4.34. The number of aromatic hydroxyl groups is 1. The molecule has 0 bridgehead atoms. The van der Waals surface area contributed by atoms with E-state index in [2.05, 4.69) is 27.8 Å². The Balaban J connectivity index is 1.31. The fraction of sp³-hybridized carbons (Fsp3) is 0.379. The maximum Gasteiger partial charge on any atom is 0.318 e. The normalized spacial score (nSPS) is 19.1. The number of carbonyl (C=O) groups excluding carboxylic acids is 2. The largest absolute Gasteiger partial charge is 0.508 e. The van der Waals surface area contributed by atoms with Gasteiger partial charge < -0.3 is 29.9 Å². The average Bonchev–Trinajstić information content (AvgIpc) is 3.39. The van der Waals surface area contributed by atoms with E-state index >= 15 is 0 Å². The first-order chi connectivity index (χ1) is 19.0. The summed E-state index contributed by atoms with van der Waals surface area (Å²) in [4.78, 5) is 39.7. The van der Waals surface area contributed by atoms with Crippen LogP contribution in [0, 0.1) is 0 Å². The van der Waals surface area contributed by atoms with E-state index in [1.54, 1.807) is 11.0 Å². The summed E-state index contributed by atoms with van der Waals surface area (Å²) in [6.07, 6.45) is 3.33. The Morgan fingerprint density at radius 2 is 1.92 bits per heavy atom. The minimum Gasteiger partial charge on any atom is -0.508 e. The molecule has 4 heterocycles. The van der Waals surface area contributed by atoms with Crippen LogP contribution in [-0.2, 0) is 22.6 Å². The summed E-state index contributed by atoms with van der Waals surface area (Å²) in [5.74, 6) is 1.05. The fourth-order valence-electron chi connectivity index (χ4n) is 5.70. The summed E-state index contributed by atoms with van der Waals surface area (Å²) in [5.41, 5.74) is 2.93. The monoisotopic (exact) mass is 528 g/mol. The van der Waals surface area contributed by atoms with Crippen molar-refractivity contribution in [1.82, 2.24) is 20.2 Å². The molecule has 3 aliphatic heterocycles. The average molecular weight is 529 g/mol. The van der Waals surface area contributed by atoms with E-state index in [1.807, 2.05) is 24.3 Å². The molecule has 6 rings (SSSR count). The molecule has 1 aromatic heterocycles. The van der Waals surface area contributed by atoms with Gasteiger partial charge in [-0.15, -0.1) is 0 Å². The number of aromatic nitrogens is 2. The highest BCUT2D eigenvalue weighted by Crippen LogP contribution is 2.36. The first-order valence-electron chi connectivity index (χ1n) is 13.4. The van der Waals surface area contributed by atoms with Crippen molar-refractivity contribution < 1.29 is 19.4 Å². The maximum atomic E-state index is 12.1. The summed E-state index contributed by atoms with van der Waals surface area (Å²) in [6, 6.07) is 11.9. The molecule has 0 radical (unpaired) electrons. The van der Waals surface area contributed by atoms with Gasteiger partial charge in [0.05, 0.1) is 18.3 Å². The number of hydrogen-bond donors (Lipinski definition) is 2. The van der Waals surface area contributed by atoms with Crippen LogP contribution in [0.2, 0.25) is 0 Å². The van der Waals surface area contributed by atoms with Gasteiger partial charge >= 0.3 is 6.01 Å². The van der Waals surface area contributed by atoms with Crippen molar-refractivity contribution in [3.63, 3.8) is 0 Å². The molecule has 202 valence electrons. The summed E-state index contributed by atoms with van der Waals surface area (Å²) >= 11 is 0. The highest BCUT2D eigenvalue weighted by atomic mass is 16.5. The highest BCUT2D eigenvalue weighted by Gasteiger charge is 2.29. The van der Waals surface area contributed by atoms with Gasteiger partial charge in [0.15, 0.2) is 0 Å². The van der Waals surface area contributed by atoms with E-state index in [-0.39, 0.29) is 29.6 Å². The van der Waals surface area contributed by atoms with Gasteiger partial charge in [-0.25, -0.2) is 0 Å². The molecule has 0 aliphatic carbocycles. The summed E-state index contributed by atoms with van der Waals surface area (Å²) < 4.78 is 6.04. The third-order valence-electron chi connectivity index (χ3n) is 7.75. The van der Waals surface area contributed by atoms with Crippen molar-refractivity contribution in [2.24, 2.45) is 0 Å². The number of carbonyl (C=O) groups is 2. The van der Waals surface area contributed by atoms with Gasteiger partial charge in [-0.1, -0.05) is 30.8 Å². The molecule has 10 heteroatoms. The molecule has 0 unspecified atom stereocenters. The number of piperazine rings is 1. The van der Waals surface area contributed by atoms with Crippen LogP contribution >= 0.6 is 0 Å². The molecular formula is C29H32N6O4. The molecule has 39 heavy (non-hydrogen) atoms. The molecule has 0 spiro atoms. The topological polar surface area (TPSA) is 111 Å². The molecule has 2 amide bonds. The molecule has 2 fully saturated rings. The first kappa shape index (κ1) is 25.0. The number of nitrogens with zero attached hydrogens (tertiary/aromatic N) is 5. The zero-order valence-electron chi connectivity index (χ0n) is 21.8. The molecule has 3 aromatic rings. The van der Waals surface area contributed by atoms with Crippen LogP contribution in [0.4, 0.5) is 11.5 Å². The Labute approximate surface area is 226 Å². The number of anilines is 2. The van der Waals surface area contributed by atoms with E-state index in [9.17, 15) is 14.7 Å². The number of ether oxygens (including phenoxy) is 1. The summed E-state index contributed by atoms with van der Waals surface area (Å²) in [5, 5.41) is 15.4. The minimum atomic E-state index is -0.0593. The number of hydrogen-bond acceptors (Lipinski definition) is 8. The van der Waals surface area contributed by atoms with Gasteiger partial charge in [0.2, 0.25) is 11.8 Å². The van der Waals surface area contributed by atoms with Crippen LogP contribution in [0.1, 0.15) is 24.1 Å². The lowest BCUT2D eigenvalue weighted by atomic mass is 10.0. The molecule has 1 atom stereocenters. The first-order valence-corrected chi connectivity index (χ1v) is 13.4. The van der Waals surface area contributed by atoms with Crippen molar-refractivity contribution in [2.75, 3.05) is 49.1 Å². The second-order valence-electron chi connectivity index (χ2n) is 10.2. The van der Waals surface area contributed by atoms with Crippen molar-refractivity contribution >= 4 is 34.1 Å². The lowest BCUT2D eigenvalue weighted by Crippen LogP contribution is -2.49. The zero-order valence-corrected chi connectivity index (χ0v) is 21.8. The van der Waals surface area contributed by atoms with Gasteiger partial charge in [-0.05, 0) is 30.4 Å². The highest BCUT2D eigenvalue weighted by molar-refractivity contribution is 5.95. The Morgan fingerprint density at radius 1 is 1.10 bits per heavy atom. The fourth-order valence-corrected chi connectivity index (χ4v) is 5.70. The van der Waals surface area contributed by atoms with E-state index in [4.69, 9.17) is 14.7 Å². The van der Waals surface area contributed by atoms with E-state index in [0.29, 0.717) is 45.8 Å². The quantitative estimate of drug-likeness (QED) is 0.470. The standard InChI is InChI=1S/C29H32N6O4/c1-2-27(38)33-11-13-34(14-12-33)28-23-9-10-35(25-16-21(36)15-19-5-3-4-6-22(19)25)17-24(23)31-29(32-28)39-18-20-7-8-26(37)30-20/h2-6,15-16,20,36H,1,7-14,17-18H2,(H,30,37)/t20-/m0/s1. The number of fused-ring (bicyclic) bond motifs is 2. The maximum absolute atomic E-state index is 12.1. The molecular weight excluding hydrogens is 496 g/mol. The van der Waals surface area contributed by atoms with Gasteiger partial charge in [0, 0.05) is 61.8 Å². The Kier molecular flexibility index (Phi) is 6.68. The number of phenolic OH excluding ortho intramolecular Hbond substituents is 1. The van der Waals surface area contributed by atoms with Crippen molar-refractivity contribution in [3.8, 4) is 11.8 Å². The molecule has 0 saturated carbocycles. The SMILES string of the molecule is C=CC(=O)N1CCN(c2nc(OC[C@@H]3CCC(=O)N3)nc3c2CCN(c2cc(O)cc4ccccc24)C3)CC1. The van der Waals surface area contributed by atoms with Crippen molar-refractivity contribution in [1.29, 1.82) is 0 Å². The Morgan fingerprint density at radius 3 is 2.69 bits per heavy atom. The summed E-state index contributed by atoms with van der Waals surface area (Å²) in [7, 11) is 0. The second-order valence-corrected chi connectivity index (χ2v) is 10.2. The molecule has 2 N–H and O–H groups in total. The third-order valence-corrected chi connectivity index (χ3v) is 7.75. The van der Waals surface area contributed by atoms with Gasteiger partial charge in [-0.2, -0.15) is 9.97 Å². The number of nitrogens with one attached hydrogen (secondary N) is 1. The second kappa shape index (κ2) is 10.4. The van der Waals surface area contributed by atoms with Crippen LogP contribution in [0.3, 0.4) is 0 Å². The predicted octanol–water partition coefficient (Wildman–Crippen LogP) is 2.39. The number of rotatable bonds is 6. The molecule has 2 aromatic carbocycles. The number of benzene rings is 2. The van der Waals surface area contributed by atoms with Gasteiger partial charge in [-0.3, -0.25) is 9.59 Å². The minimum absolute atomic E-state index is 0.0385. The predicted molar refractivity (Wildman–Crippen MR) is 148 cm³/mol. The van der Waals surface area contributed by atoms with Crippen LogP contribution in [0.5, 0.6) is 11.8 Å². The van der Waals surface area contributed by atoms with E-state index < -0.39 is 0 Å². The lowest BCUT2D eigenvalue weighted by Gasteiger charge is -2.38. The number of amides is 2. The lowest BCUT2D eigenvalue weighted by molar-refractivity contribution is -0.126. The van der Waals surface area contributed by atoms with E-state index in [1.165, 1.54) is 6.08 Å². The molecule has 2 saturated heterocycles. The van der Waals surface area contributed by atoms with Crippen LogP contribution < -0.4 is 19.9 Å². The zero-order chi connectivity index (χ0) is 26.9. The van der Waals surface area contributed by atoms with Crippen molar-refractivity contribution in [3.05, 3.63) is 60.3 Å². The Bertz CT molecular complexity index is 1430. The molecule has 10 nitrogen and oxygen atoms in total. The van der Waals surface area contributed by atoms with Crippen molar-refractivity contribution in [2.45, 2.75) is 31.8 Å². The van der Waals surface area contributed by atoms with Crippen LogP contribution in [0.25, 0.3) is 10.8 Å². The summed E-state index contributed by atoms with van der Waals surface area (Å²) in [6.45, 7) is 7.71. The third kappa shape index (κ3) is 5.06. The van der Waals surface area contributed by atoms with Crippen LogP contribution in [-0.4, -0.2) is 77.2 Å². The van der Waals surface area contributed by atoms with Gasteiger partial charge in [0.1, 0.15) is 18.2 Å². The van der Waals surface area contributed by atoms with Crippen LogP contribution in [0.15, 0.2) is 49.1 Å².